The van der Waals surface area contributed by atoms with E-state index in [0.717, 1.165) is 17.7 Å². The van der Waals surface area contributed by atoms with Crippen LogP contribution in [0.3, 0.4) is 0 Å². The van der Waals surface area contributed by atoms with E-state index in [1.54, 1.807) is 12.1 Å². The Morgan fingerprint density at radius 3 is 2.71 bits per heavy atom. The number of carbonyl (C=O) groups is 1. The monoisotopic (exact) mass is 316 g/mol. The third-order valence-corrected chi connectivity index (χ3v) is 5.01. The van der Waals surface area contributed by atoms with Gasteiger partial charge in [0.1, 0.15) is 0 Å². The first-order valence-corrected chi connectivity index (χ1v) is 7.98. The molecular formula is C20H16N2O2. The van der Waals surface area contributed by atoms with Gasteiger partial charge in [0.2, 0.25) is 0 Å². The van der Waals surface area contributed by atoms with Gasteiger partial charge in [-0.25, -0.2) is 4.79 Å². The van der Waals surface area contributed by atoms with Crippen LogP contribution in [0.25, 0.3) is 0 Å². The molecule has 0 fully saturated rings. The van der Waals surface area contributed by atoms with E-state index in [1.807, 2.05) is 30.3 Å². The molecule has 0 amide bonds. The molecule has 0 bridgehead atoms. The third kappa shape index (κ3) is 2.26. The fourth-order valence-electron chi connectivity index (χ4n) is 3.83. The van der Waals surface area contributed by atoms with E-state index in [1.165, 1.54) is 5.56 Å². The molecule has 1 heterocycles. The second-order valence-electron chi connectivity index (χ2n) is 6.32. The lowest BCUT2D eigenvalue weighted by Crippen LogP contribution is -2.29. The summed E-state index contributed by atoms with van der Waals surface area (Å²) in [5.74, 6) is -0.242. The minimum atomic E-state index is -0.909. The van der Waals surface area contributed by atoms with Crippen molar-refractivity contribution in [3.63, 3.8) is 0 Å². The molecule has 118 valence electrons. The maximum atomic E-state index is 11.0. The number of carboxylic acid groups (broad SMARTS) is 1. The number of nitriles is 1. The Morgan fingerprint density at radius 1 is 1.21 bits per heavy atom. The fourth-order valence-corrected chi connectivity index (χ4v) is 3.83. The number of nitrogens with one attached hydrogen (secondary N) is 1. The predicted octanol–water partition coefficient (Wildman–Crippen LogP) is 4.08. The summed E-state index contributed by atoms with van der Waals surface area (Å²) in [7, 11) is 0. The molecule has 2 aromatic rings. The van der Waals surface area contributed by atoms with Crippen molar-refractivity contribution in [2.24, 2.45) is 5.92 Å². The number of nitrogens with zero attached hydrogens (tertiary/aromatic N) is 1. The lowest BCUT2D eigenvalue weighted by atomic mass is 9.76. The Labute approximate surface area is 140 Å². The number of rotatable bonds is 2. The van der Waals surface area contributed by atoms with Gasteiger partial charge in [0.05, 0.1) is 23.2 Å². The molecule has 4 rings (SSSR count). The summed E-state index contributed by atoms with van der Waals surface area (Å²) in [5, 5.41) is 21.8. The van der Waals surface area contributed by atoms with Crippen molar-refractivity contribution in [2.45, 2.75) is 18.4 Å². The lowest BCUT2D eigenvalue weighted by Gasteiger charge is -2.37. The zero-order valence-electron chi connectivity index (χ0n) is 12.9. The maximum Gasteiger partial charge on any atom is 0.335 e. The van der Waals surface area contributed by atoms with Crippen LogP contribution in [0.15, 0.2) is 54.6 Å². The number of carboxylic acids is 1. The summed E-state index contributed by atoms with van der Waals surface area (Å²) < 4.78 is 0. The highest BCUT2D eigenvalue weighted by molar-refractivity contribution is 5.87. The Bertz CT molecular complexity index is 878. The average Bonchev–Trinajstić information content (AvgIpc) is 3.10. The highest BCUT2D eigenvalue weighted by Crippen LogP contribution is 2.49. The molecule has 2 N–H and O–H groups in total. The average molecular weight is 316 g/mol. The van der Waals surface area contributed by atoms with E-state index in [2.05, 4.69) is 23.5 Å². The van der Waals surface area contributed by atoms with E-state index in [-0.39, 0.29) is 6.04 Å². The molecule has 0 saturated heterocycles. The van der Waals surface area contributed by atoms with Crippen molar-refractivity contribution >= 4 is 11.7 Å². The number of benzene rings is 2. The molecule has 0 radical (unpaired) electrons. The fraction of sp³-hybridized carbons (Fsp3) is 0.200. The zero-order valence-corrected chi connectivity index (χ0v) is 12.9. The topological polar surface area (TPSA) is 73.1 Å². The van der Waals surface area contributed by atoms with E-state index in [4.69, 9.17) is 10.4 Å². The standard InChI is InChI=1S/C20H16N2O2/c21-11-12-4-9-18-17(10-12)15-2-1-3-16(15)19(22-18)13-5-7-14(8-6-13)20(23)24/h1-2,4-10,15-16,19,22H,3H2,(H,23,24)/t15-,16+,19+/m1/s1. The van der Waals surface area contributed by atoms with Crippen LogP contribution >= 0.6 is 0 Å². The largest absolute Gasteiger partial charge is 0.478 e. The number of hydrogen-bond acceptors (Lipinski definition) is 3. The summed E-state index contributed by atoms with van der Waals surface area (Å²) in [6, 6.07) is 15.2. The second kappa shape index (κ2) is 5.54. The van der Waals surface area contributed by atoms with Crippen LogP contribution in [-0.4, -0.2) is 11.1 Å². The highest BCUT2D eigenvalue weighted by atomic mass is 16.4. The number of fused-ring (bicyclic) bond motifs is 3. The van der Waals surface area contributed by atoms with Gasteiger partial charge < -0.3 is 10.4 Å². The van der Waals surface area contributed by atoms with Gasteiger partial charge in [-0.3, -0.25) is 0 Å². The van der Waals surface area contributed by atoms with Crippen molar-refractivity contribution in [1.82, 2.24) is 0 Å². The van der Waals surface area contributed by atoms with Gasteiger partial charge in [-0.15, -0.1) is 0 Å². The zero-order chi connectivity index (χ0) is 16.7. The van der Waals surface area contributed by atoms with Crippen LogP contribution in [0.5, 0.6) is 0 Å². The Hall–Kier alpha value is -3.06. The van der Waals surface area contributed by atoms with Crippen molar-refractivity contribution in [1.29, 1.82) is 5.26 Å². The van der Waals surface area contributed by atoms with Crippen LogP contribution < -0.4 is 5.32 Å². The summed E-state index contributed by atoms with van der Waals surface area (Å²) >= 11 is 0. The number of allylic oxidation sites excluding steroid dienone is 2. The molecule has 0 unspecified atom stereocenters. The SMILES string of the molecule is N#Cc1ccc2c(c1)[C@@H]1C=CC[C@@H]1[C@H](c1ccc(C(=O)O)cc1)N2. The Balaban J connectivity index is 1.73. The lowest BCUT2D eigenvalue weighted by molar-refractivity contribution is 0.0697. The van der Waals surface area contributed by atoms with Crippen LogP contribution in [0.1, 0.15) is 45.4 Å². The van der Waals surface area contributed by atoms with E-state index in [9.17, 15) is 4.79 Å². The maximum absolute atomic E-state index is 11.0. The molecule has 0 saturated carbocycles. The van der Waals surface area contributed by atoms with Gasteiger partial charge in [0.15, 0.2) is 0 Å². The van der Waals surface area contributed by atoms with Gasteiger partial charge in [-0.1, -0.05) is 24.3 Å². The summed E-state index contributed by atoms with van der Waals surface area (Å²) in [4.78, 5) is 11.0. The van der Waals surface area contributed by atoms with Crippen molar-refractivity contribution in [3.05, 3.63) is 76.9 Å². The molecule has 1 aliphatic carbocycles. The minimum Gasteiger partial charge on any atom is -0.478 e. The van der Waals surface area contributed by atoms with Gasteiger partial charge in [0, 0.05) is 11.6 Å². The van der Waals surface area contributed by atoms with E-state index >= 15 is 0 Å². The molecular weight excluding hydrogens is 300 g/mol. The van der Waals surface area contributed by atoms with Crippen LogP contribution in [-0.2, 0) is 0 Å². The number of anilines is 1. The first-order valence-electron chi connectivity index (χ1n) is 7.98. The van der Waals surface area contributed by atoms with Crippen molar-refractivity contribution in [2.75, 3.05) is 5.32 Å². The summed E-state index contributed by atoms with van der Waals surface area (Å²) in [6.07, 6.45) is 5.40. The Morgan fingerprint density at radius 2 is 2.00 bits per heavy atom. The molecule has 3 atom stereocenters. The molecule has 2 aliphatic rings. The molecule has 0 spiro atoms. The number of aromatic carboxylic acids is 1. The quantitative estimate of drug-likeness (QED) is 0.819. The summed E-state index contributed by atoms with van der Waals surface area (Å²) in [5.41, 5.74) is 4.29. The van der Waals surface area contributed by atoms with Crippen LogP contribution in [0.2, 0.25) is 0 Å². The van der Waals surface area contributed by atoms with E-state index < -0.39 is 5.97 Å². The predicted molar refractivity (Wildman–Crippen MR) is 90.9 cm³/mol. The molecule has 0 aromatic heterocycles. The highest BCUT2D eigenvalue weighted by Gasteiger charge is 2.37. The van der Waals surface area contributed by atoms with Gasteiger partial charge in [-0.2, -0.15) is 5.26 Å². The first kappa shape index (κ1) is 14.5. The number of hydrogen-bond donors (Lipinski definition) is 2. The van der Waals surface area contributed by atoms with Gasteiger partial charge in [0.25, 0.3) is 0 Å². The van der Waals surface area contributed by atoms with Crippen LogP contribution in [0, 0.1) is 17.2 Å². The molecule has 4 nitrogen and oxygen atoms in total. The van der Waals surface area contributed by atoms with Crippen molar-refractivity contribution < 1.29 is 9.90 Å². The molecule has 2 aromatic carbocycles. The smallest absolute Gasteiger partial charge is 0.335 e. The van der Waals surface area contributed by atoms with Gasteiger partial charge in [-0.05, 0) is 53.8 Å². The van der Waals surface area contributed by atoms with Crippen LogP contribution in [0.4, 0.5) is 5.69 Å². The molecule has 4 heteroatoms. The van der Waals surface area contributed by atoms with E-state index in [0.29, 0.717) is 23.0 Å². The normalized spacial score (nSPS) is 23.7. The second-order valence-corrected chi connectivity index (χ2v) is 6.32. The van der Waals surface area contributed by atoms with Crippen molar-refractivity contribution in [3.8, 4) is 6.07 Å². The van der Waals surface area contributed by atoms with Gasteiger partial charge >= 0.3 is 5.97 Å². The first-order chi connectivity index (χ1) is 11.7. The molecule has 24 heavy (non-hydrogen) atoms. The summed E-state index contributed by atoms with van der Waals surface area (Å²) in [6.45, 7) is 0. The Kier molecular flexibility index (Phi) is 3.35. The third-order valence-electron chi connectivity index (χ3n) is 5.01. The minimum absolute atomic E-state index is 0.133. The molecule has 1 aliphatic heterocycles.